The number of carbonyl (C=O) groups is 1. The van der Waals surface area contributed by atoms with E-state index >= 15 is 0 Å². The molecule has 1 aromatic heterocycles. The second-order valence-corrected chi connectivity index (χ2v) is 5.20. The van der Waals surface area contributed by atoms with Crippen LogP contribution in [0.3, 0.4) is 0 Å². The van der Waals surface area contributed by atoms with Crippen LogP contribution in [-0.2, 0) is 18.4 Å². The Morgan fingerprint density at radius 1 is 1.58 bits per heavy atom. The number of carboxylic acid groups (broad SMARTS) is 1. The number of hydrogen-bond donors (Lipinski definition) is 1. The van der Waals surface area contributed by atoms with Crippen LogP contribution >= 0.6 is 0 Å². The van der Waals surface area contributed by atoms with E-state index in [2.05, 4.69) is 5.10 Å². The summed E-state index contributed by atoms with van der Waals surface area (Å²) in [5.41, 5.74) is 1.87. The number of ether oxygens (including phenoxy) is 1. The fourth-order valence-corrected chi connectivity index (χ4v) is 2.38. The van der Waals surface area contributed by atoms with Crippen LogP contribution in [0.5, 0.6) is 5.88 Å². The van der Waals surface area contributed by atoms with Gasteiger partial charge < -0.3 is 9.84 Å². The second kappa shape index (κ2) is 5.61. The van der Waals surface area contributed by atoms with Gasteiger partial charge in [-0.25, -0.2) is 4.68 Å². The van der Waals surface area contributed by atoms with Crippen LogP contribution in [-0.4, -0.2) is 46.0 Å². The van der Waals surface area contributed by atoms with Crippen LogP contribution in [0.1, 0.15) is 24.1 Å². The predicted molar refractivity (Wildman–Crippen MR) is 70.1 cm³/mol. The molecule has 0 aromatic carbocycles. The van der Waals surface area contributed by atoms with Gasteiger partial charge in [-0.15, -0.1) is 0 Å². The molecule has 0 spiro atoms. The van der Waals surface area contributed by atoms with Gasteiger partial charge in [-0.05, 0) is 25.7 Å². The molecule has 0 radical (unpaired) electrons. The quantitative estimate of drug-likeness (QED) is 0.799. The molecule has 1 N–H and O–H groups in total. The Morgan fingerprint density at radius 2 is 2.26 bits per heavy atom. The Morgan fingerprint density at radius 3 is 2.79 bits per heavy atom. The Labute approximate surface area is 113 Å². The summed E-state index contributed by atoms with van der Waals surface area (Å²) in [7, 11) is 3.44. The summed E-state index contributed by atoms with van der Waals surface area (Å²) < 4.78 is 7.04. The smallest absolute Gasteiger partial charge is 0.317 e. The van der Waals surface area contributed by atoms with Gasteiger partial charge in [0.2, 0.25) is 5.88 Å². The molecule has 6 nitrogen and oxygen atoms in total. The summed E-state index contributed by atoms with van der Waals surface area (Å²) in [6.45, 7) is 3.40. The molecule has 1 aliphatic carbocycles. The van der Waals surface area contributed by atoms with E-state index in [-0.39, 0.29) is 6.54 Å². The van der Waals surface area contributed by atoms with Crippen LogP contribution in [0.4, 0.5) is 0 Å². The summed E-state index contributed by atoms with van der Waals surface area (Å²) in [6, 6.07) is 0. The topological polar surface area (TPSA) is 67.6 Å². The fourth-order valence-electron chi connectivity index (χ4n) is 2.38. The molecule has 1 aliphatic rings. The molecule has 106 valence electrons. The highest BCUT2D eigenvalue weighted by molar-refractivity contribution is 5.69. The molecule has 0 saturated heterocycles. The van der Waals surface area contributed by atoms with Gasteiger partial charge in [-0.1, -0.05) is 0 Å². The Balaban J connectivity index is 2.12. The number of aryl methyl sites for hydroxylation is 2. The van der Waals surface area contributed by atoms with Gasteiger partial charge >= 0.3 is 5.97 Å². The van der Waals surface area contributed by atoms with E-state index < -0.39 is 5.97 Å². The average molecular weight is 267 g/mol. The van der Waals surface area contributed by atoms with E-state index in [9.17, 15) is 4.79 Å². The average Bonchev–Trinajstić information content (AvgIpc) is 3.06. The monoisotopic (exact) mass is 267 g/mol. The third kappa shape index (κ3) is 3.47. The number of nitrogens with zero attached hydrogens (tertiary/aromatic N) is 3. The number of hydrogen-bond acceptors (Lipinski definition) is 4. The molecule has 0 atom stereocenters. The largest absolute Gasteiger partial charge is 0.481 e. The first-order valence-corrected chi connectivity index (χ1v) is 6.52. The maximum absolute atomic E-state index is 11.0. The summed E-state index contributed by atoms with van der Waals surface area (Å²) >= 11 is 0. The lowest BCUT2D eigenvalue weighted by molar-refractivity contribution is -0.138. The number of methoxy groups -OCH3 is 1. The molecule has 2 rings (SSSR count). The van der Waals surface area contributed by atoms with Crippen molar-refractivity contribution in [3.63, 3.8) is 0 Å². The van der Waals surface area contributed by atoms with Crippen molar-refractivity contribution >= 4 is 5.97 Å². The van der Waals surface area contributed by atoms with Crippen LogP contribution in [0.25, 0.3) is 0 Å². The highest BCUT2D eigenvalue weighted by Gasteiger charge is 2.27. The Hall–Kier alpha value is -1.56. The zero-order chi connectivity index (χ0) is 14.0. The summed E-state index contributed by atoms with van der Waals surface area (Å²) in [5.74, 6) is 0.576. The van der Waals surface area contributed by atoms with Crippen molar-refractivity contribution in [1.82, 2.24) is 14.7 Å². The SMILES string of the molecule is COc1c(CN(CC(=O)O)CC2CC2)c(C)nn1C. The van der Waals surface area contributed by atoms with Crippen molar-refractivity contribution in [3.8, 4) is 5.88 Å². The zero-order valence-corrected chi connectivity index (χ0v) is 11.7. The van der Waals surface area contributed by atoms with Crippen molar-refractivity contribution < 1.29 is 14.6 Å². The molecule has 0 unspecified atom stereocenters. The standard InChI is InChI=1S/C13H21N3O3/c1-9-11(13(19-3)15(2)14-9)7-16(8-12(17)18)6-10-4-5-10/h10H,4-8H2,1-3H3,(H,17,18). The van der Waals surface area contributed by atoms with Crippen molar-refractivity contribution in [2.24, 2.45) is 13.0 Å². The first-order chi connectivity index (χ1) is 9.01. The minimum atomic E-state index is -0.791. The first-order valence-electron chi connectivity index (χ1n) is 6.52. The number of aliphatic carboxylic acids is 1. The maximum atomic E-state index is 11.0. The number of aromatic nitrogens is 2. The lowest BCUT2D eigenvalue weighted by atomic mass is 10.2. The van der Waals surface area contributed by atoms with Crippen molar-refractivity contribution in [1.29, 1.82) is 0 Å². The third-order valence-corrected chi connectivity index (χ3v) is 3.44. The second-order valence-electron chi connectivity index (χ2n) is 5.20. The number of rotatable bonds is 7. The van der Waals surface area contributed by atoms with E-state index in [1.54, 1.807) is 11.8 Å². The highest BCUT2D eigenvalue weighted by Crippen LogP contribution is 2.31. The van der Waals surface area contributed by atoms with Crippen molar-refractivity contribution in [2.75, 3.05) is 20.2 Å². The van der Waals surface area contributed by atoms with Crippen LogP contribution in [0.2, 0.25) is 0 Å². The Kier molecular flexibility index (Phi) is 4.09. The van der Waals surface area contributed by atoms with Gasteiger partial charge in [0.1, 0.15) is 0 Å². The minimum absolute atomic E-state index is 0.0635. The van der Waals surface area contributed by atoms with Gasteiger partial charge in [0.15, 0.2) is 0 Å². The maximum Gasteiger partial charge on any atom is 0.317 e. The predicted octanol–water partition coefficient (Wildman–Crippen LogP) is 1.03. The molecule has 1 heterocycles. The van der Waals surface area contributed by atoms with Crippen LogP contribution in [0, 0.1) is 12.8 Å². The first kappa shape index (κ1) is 13.9. The van der Waals surface area contributed by atoms with E-state index in [4.69, 9.17) is 9.84 Å². The Bertz CT molecular complexity index is 466. The molecule has 0 amide bonds. The minimum Gasteiger partial charge on any atom is -0.481 e. The summed E-state index contributed by atoms with van der Waals surface area (Å²) in [6.07, 6.45) is 2.42. The lowest BCUT2D eigenvalue weighted by Gasteiger charge is -2.20. The van der Waals surface area contributed by atoms with Gasteiger partial charge in [-0.3, -0.25) is 9.69 Å². The van der Waals surface area contributed by atoms with Gasteiger partial charge in [-0.2, -0.15) is 5.10 Å². The fraction of sp³-hybridized carbons (Fsp3) is 0.692. The molecule has 6 heteroatoms. The van der Waals surface area contributed by atoms with Crippen LogP contribution in [0.15, 0.2) is 0 Å². The van der Waals surface area contributed by atoms with E-state index in [0.717, 1.165) is 17.8 Å². The molecule has 19 heavy (non-hydrogen) atoms. The molecule has 0 bridgehead atoms. The van der Waals surface area contributed by atoms with E-state index in [1.807, 2.05) is 18.9 Å². The number of carboxylic acids is 1. The van der Waals surface area contributed by atoms with Crippen molar-refractivity contribution in [2.45, 2.75) is 26.3 Å². The molecule has 1 fully saturated rings. The zero-order valence-electron chi connectivity index (χ0n) is 11.7. The molecular weight excluding hydrogens is 246 g/mol. The third-order valence-electron chi connectivity index (χ3n) is 3.44. The molecule has 0 aliphatic heterocycles. The molecule has 1 aromatic rings. The molecule has 1 saturated carbocycles. The summed E-state index contributed by atoms with van der Waals surface area (Å²) in [5, 5.41) is 13.3. The lowest BCUT2D eigenvalue weighted by Crippen LogP contribution is -2.31. The van der Waals surface area contributed by atoms with E-state index in [1.165, 1.54) is 12.8 Å². The van der Waals surface area contributed by atoms with E-state index in [0.29, 0.717) is 18.3 Å². The molecular formula is C13H21N3O3. The van der Waals surface area contributed by atoms with Gasteiger partial charge in [0.05, 0.1) is 24.9 Å². The van der Waals surface area contributed by atoms with Gasteiger partial charge in [0.25, 0.3) is 0 Å². The van der Waals surface area contributed by atoms with Crippen LogP contribution < -0.4 is 4.74 Å². The van der Waals surface area contributed by atoms with Gasteiger partial charge in [0, 0.05) is 20.1 Å². The summed E-state index contributed by atoms with van der Waals surface area (Å²) in [4.78, 5) is 12.9. The normalized spacial score (nSPS) is 14.9. The highest BCUT2D eigenvalue weighted by atomic mass is 16.5. The van der Waals surface area contributed by atoms with Crippen molar-refractivity contribution in [3.05, 3.63) is 11.3 Å².